The van der Waals surface area contributed by atoms with Gasteiger partial charge in [-0.25, -0.2) is 4.79 Å². The molecule has 1 unspecified atom stereocenters. The van der Waals surface area contributed by atoms with E-state index in [1.54, 1.807) is 0 Å². The summed E-state index contributed by atoms with van der Waals surface area (Å²) in [5.41, 5.74) is 3.09. The highest BCUT2D eigenvalue weighted by molar-refractivity contribution is 5.74. The molecule has 0 radical (unpaired) electrons. The molecule has 2 rings (SSSR count). The number of rotatable bonds is 5. The lowest BCUT2D eigenvalue weighted by Gasteiger charge is -2.17. The molecule has 21 heavy (non-hydrogen) atoms. The van der Waals surface area contributed by atoms with E-state index >= 15 is 0 Å². The molecule has 3 N–H and O–H groups in total. The number of urea groups is 1. The van der Waals surface area contributed by atoms with Crippen molar-refractivity contribution in [3.05, 3.63) is 71.3 Å². The Bertz CT molecular complexity index is 584. The van der Waals surface area contributed by atoms with Gasteiger partial charge in [0, 0.05) is 6.54 Å². The Morgan fingerprint density at radius 3 is 2.57 bits per heavy atom. The average Bonchev–Trinajstić information content (AvgIpc) is 2.51. The third kappa shape index (κ3) is 4.61. The van der Waals surface area contributed by atoms with Crippen LogP contribution in [0.5, 0.6) is 0 Å². The summed E-state index contributed by atoms with van der Waals surface area (Å²) in [5, 5.41) is 15.0. The van der Waals surface area contributed by atoms with Gasteiger partial charge >= 0.3 is 6.03 Å². The summed E-state index contributed by atoms with van der Waals surface area (Å²) in [6.45, 7) is 2.34. The zero-order valence-electron chi connectivity index (χ0n) is 12.0. The first-order valence-electron chi connectivity index (χ1n) is 6.95. The third-order valence-corrected chi connectivity index (χ3v) is 3.23. The molecule has 2 aromatic rings. The zero-order chi connectivity index (χ0) is 15.1. The molecule has 0 saturated carbocycles. The lowest BCUT2D eigenvalue weighted by atomic mass is 10.1. The van der Waals surface area contributed by atoms with Crippen molar-refractivity contribution in [2.45, 2.75) is 19.5 Å². The fraction of sp³-hybridized carbons (Fsp3) is 0.235. The summed E-state index contributed by atoms with van der Waals surface area (Å²) in [7, 11) is 0. The Kier molecular flexibility index (Phi) is 5.35. The second kappa shape index (κ2) is 7.45. The van der Waals surface area contributed by atoms with Crippen LogP contribution in [0.2, 0.25) is 0 Å². The van der Waals surface area contributed by atoms with Crippen LogP contribution >= 0.6 is 0 Å². The van der Waals surface area contributed by atoms with Crippen LogP contribution in [0.3, 0.4) is 0 Å². The van der Waals surface area contributed by atoms with Crippen molar-refractivity contribution in [2.75, 3.05) is 6.61 Å². The fourth-order valence-corrected chi connectivity index (χ4v) is 2.13. The van der Waals surface area contributed by atoms with Crippen LogP contribution < -0.4 is 10.6 Å². The first-order chi connectivity index (χ1) is 10.2. The van der Waals surface area contributed by atoms with Crippen molar-refractivity contribution in [3.8, 4) is 0 Å². The molecule has 0 spiro atoms. The second-order valence-corrected chi connectivity index (χ2v) is 4.96. The SMILES string of the molecule is Cc1cccc(CNC(=O)NC(CO)c2ccccc2)c1. The van der Waals surface area contributed by atoms with Crippen molar-refractivity contribution in [1.29, 1.82) is 0 Å². The predicted octanol–water partition coefficient (Wildman–Crippen LogP) is 2.53. The van der Waals surface area contributed by atoms with E-state index in [4.69, 9.17) is 0 Å². The molecule has 110 valence electrons. The molecular weight excluding hydrogens is 264 g/mol. The standard InChI is InChI=1S/C17H20N2O2/c1-13-6-5-7-14(10-13)11-18-17(21)19-16(12-20)15-8-3-2-4-9-15/h2-10,16,20H,11-12H2,1H3,(H2,18,19,21). The Morgan fingerprint density at radius 1 is 1.14 bits per heavy atom. The molecule has 0 aliphatic heterocycles. The van der Waals surface area contributed by atoms with E-state index < -0.39 is 6.04 Å². The van der Waals surface area contributed by atoms with Gasteiger partial charge in [0.1, 0.15) is 0 Å². The minimum Gasteiger partial charge on any atom is -0.394 e. The number of carbonyl (C=O) groups excluding carboxylic acids is 1. The summed E-state index contributed by atoms with van der Waals surface area (Å²) in [6.07, 6.45) is 0. The van der Waals surface area contributed by atoms with E-state index in [9.17, 15) is 9.90 Å². The largest absolute Gasteiger partial charge is 0.394 e. The molecule has 0 aromatic heterocycles. The van der Waals surface area contributed by atoms with E-state index in [0.717, 1.165) is 16.7 Å². The van der Waals surface area contributed by atoms with Crippen LogP contribution in [0.4, 0.5) is 4.79 Å². The van der Waals surface area contributed by atoms with Crippen LogP contribution in [0.1, 0.15) is 22.7 Å². The fourth-order valence-electron chi connectivity index (χ4n) is 2.13. The number of aliphatic hydroxyl groups is 1. The Morgan fingerprint density at radius 2 is 1.90 bits per heavy atom. The molecule has 2 amide bonds. The van der Waals surface area contributed by atoms with Crippen molar-refractivity contribution in [1.82, 2.24) is 10.6 Å². The van der Waals surface area contributed by atoms with E-state index in [1.165, 1.54) is 0 Å². The molecule has 4 nitrogen and oxygen atoms in total. The lowest BCUT2D eigenvalue weighted by Crippen LogP contribution is -2.38. The summed E-state index contributed by atoms with van der Waals surface area (Å²) < 4.78 is 0. The number of benzene rings is 2. The highest BCUT2D eigenvalue weighted by Gasteiger charge is 2.12. The number of hydrogen-bond acceptors (Lipinski definition) is 2. The van der Waals surface area contributed by atoms with Gasteiger partial charge in [-0.05, 0) is 18.1 Å². The maximum Gasteiger partial charge on any atom is 0.315 e. The Balaban J connectivity index is 1.89. The maximum atomic E-state index is 11.9. The number of aryl methyl sites for hydroxylation is 1. The van der Waals surface area contributed by atoms with E-state index in [0.29, 0.717) is 6.54 Å². The van der Waals surface area contributed by atoms with Crippen molar-refractivity contribution < 1.29 is 9.90 Å². The van der Waals surface area contributed by atoms with E-state index in [1.807, 2.05) is 61.5 Å². The normalized spacial score (nSPS) is 11.7. The minimum atomic E-state index is -0.399. The quantitative estimate of drug-likeness (QED) is 0.790. The smallest absolute Gasteiger partial charge is 0.315 e. The van der Waals surface area contributed by atoms with Gasteiger partial charge in [-0.2, -0.15) is 0 Å². The summed E-state index contributed by atoms with van der Waals surface area (Å²) in [4.78, 5) is 11.9. The predicted molar refractivity (Wildman–Crippen MR) is 82.8 cm³/mol. The van der Waals surface area contributed by atoms with Gasteiger partial charge in [-0.3, -0.25) is 0 Å². The van der Waals surface area contributed by atoms with Crippen molar-refractivity contribution >= 4 is 6.03 Å². The topological polar surface area (TPSA) is 61.4 Å². The summed E-state index contributed by atoms with van der Waals surface area (Å²) in [5.74, 6) is 0. The van der Waals surface area contributed by atoms with Crippen LogP contribution in [-0.4, -0.2) is 17.7 Å². The monoisotopic (exact) mass is 284 g/mol. The van der Waals surface area contributed by atoms with E-state index in [2.05, 4.69) is 10.6 Å². The Hall–Kier alpha value is -2.33. The first-order valence-corrected chi connectivity index (χ1v) is 6.95. The molecular formula is C17H20N2O2. The molecule has 0 aliphatic carbocycles. The molecule has 1 atom stereocenters. The molecule has 4 heteroatoms. The highest BCUT2D eigenvalue weighted by Crippen LogP contribution is 2.11. The highest BCUT2D eigenvalue weighted by atomic mass is 16.3. The van der Waals surface area contributed by atoms with Gasteiger partial charge in [0.05, 0.1) is 12.6 Å². The maximum absolute atomic E-state index is 11.9. The number of hydrogen-bond donors (Lipinski definition) is 3. The molecule has 0 fully saturated rings. The molecule has 2 aromatic carbocycles. The number of carbonyl (C=O) groups is 1. The van der Waals surface area contributed by atoms with Gasteiger partial charge in [-0.1, -0.05) is 60.2 Å². The molecule has 0 heterocycles. The number of amides is 2. The Labute approximate surface area is 124 Å². The van der Waals surface area contributed by atoms with Crippen LogP contribution in [0, 0.1) is 6.92 Å². The van der Waals surface area contributed by atoms with Crippen molar-refractivity contribution in [3.63, 3.8) is 0 Å². The lowest BCUT2D eigenvalue weighted by molar-refractivity contribution is 0.216. The minimum absolute atomic E-state index is 0.137. The van der Waals surface area contributed by atoms with Gasteiger partial charge in [0.2, 0.25) is 0 Å². The number of aliphatic hydroxyl groups excluding tert-OH is 1. The molecule has 0 aliphatic rings. The van der Waals surface area contributed by atoms with Gasteiger partial charge in [0.25, 0.3) is 0 Å². The summed E-state index contributed by atoms with van der Waals surface area (Å²) in [6, 6.07) is 16.7. The van der Waals surface area contributed by atoms with Crippen LogP contribution in [-0.2, 0) is 6.54 Å². The summed E-state index contributed by atoms with van der Waals surface area (Å²) >= 11 is 0. The van der Waals surface area contributed by atoms with Gasteiger partial charge in [-0.15, -0.1) is 0 Å². The molecule has 0 bridgehead atoms. The van der Waals surface area contributed by atoms with Crippen molar-refractivity contribution in [2.24, 2.45) is 0 Å². The van der Waals surface area contributed by atoms with Crippen LogP contribution in [0.25, 0.3) is 0 Å². The average molecular weight is 284 g/mol. The zero-order valence-corrected chi connectivity index (χ0v) is 12.0. The van der Waals surface area contributed by atoms with Crippen LogP contribution in [0.15, 0.2) is 54.6 Å². The van der Waals surface area contributed by atoms with Gasteiger partial charge < -0.3 is 15.7 Å². The first kappa shape index (κ1) is 15.1. The molecule has 0 saturated heterocycles. The van der Waals surface area contributed by atoms with Gasteiger partial charge in [0.15, 0.2) is 0 Å². The third-order valence-electron chi connectivity index (χ3n) is 3.23. The second-order valence-electron chi connectivity index (χ2n) is 4.96. The number of nitrogens with one attached hydrogen (secondary N) is 2. The van der Waals surface area contributed by atoms with E-state index in [-0.39, 0.29) is 12.6 Å².